The van der Waals surface area contributed by atoms with E-state index >= 15 is 0 Å². The molecular weight excluding hydrogens is 238 g/mol. The molecule has 0 aliphatic rings. The van der Waals surface area contributed by atoms with Gasteiger partial charge in [-0.3, -0.25) is 0 Å². The molecule has 0 bridgehead atoms. The fourth-order valence-electron chi connectivity index (χ4n) is 1.79. The largest absolute Gasteiger partial charge is 0.495 e. The van der Waals surface area contributed by atoms with E-state index in [2.05, 4.69) is 0 Å². The van der Waals surface area contributed by atoms with Crippen LogP contribution in [-0.2, 0) is 6.42 Å². The van der Waals surface area contributed by atoms with Crippen molar-refractivity contribution < 1.29 is 9.47 Å². The number of hydrogen-bond acceptors (Lipinski definition) is 3. The fraction of sp³-hybridized carbons (Fsp3) is 0.538. The van der Waals surface area contributed by atoms with Crippen molar-refractivity contribution in [3.05, 3.63) is 22.7 Å². The van der Waals surface area contributed by atoms with Gasteiger partial charge in [0.05, 0.1) is 14.2 Å². The van der Waals surface area contributed by atoms with Crippen LogP contribution in [0, 0.1) is 0 Å². The van der Waals surface area contributed by atoms with Gasteiger partial charge in [-0.1, -0.05) is 24.1 Å². The molecule has 96 valence electrons. The summed E-state index contributed by atoms with van der Waals surface area (Å²) in [5.74, 6) is 1.37. The molecule has 1 aromatic rings. The van der Waals surface area contributed by atoms with Gasteiger partial charge < -0.3 is 15.2 Å². The van der Waals surface area contributed by atoms with Crippen LogP contribution >= 0.6 is 11.6 Å². The van der Waals surface area contributed by atoms with Crippen LogP contribution in [0.2, 0.25) is 5.02 Å². The molecule has 17 heavy (non-hydrogen) atoms. The van der Waals surface area contributed by atoms with Crippen molar-refractivity contribution in [2.45, 2.75) is 25.7 Å². The molecule has 0 heterocycles. The Morgan fingerprint density at radius 2 is 1.88 bits per heavy atom. The third-order valence-corrected chi connectivity index (χ3v) is 3.08. The first-order chi connectivity index (χ1) is 8.24. The molecule has 4 heteroatoms. The van der Waals surface area contributed by atoms with Gasteiger partial charge in [-0.05, 0) is 37.4 Å². The van der Waals surface area contributed by atoms with Gasteiger partial charge in [-0.15, -0.1) is 0 Å². The first-order valence-electron chi connectivity index (χ1n) is 5.84. The van der Waals surface area contributed by atoms with Crippen molar-refractivity contribution in [1.29, 1.82) is 0 Å². The molecule has 3 nitrogen and oxygen atoms in total. The van der Waals surface area contributed by atoms with Crippen LogP contribution in [-0.4, -0.2) is 20.8 Å². The van der Waals surface area contributed by atoms with Crippen LogP contribution < -0.4 is 15.2 Å². The number of unbranched alkanes of at least 4 members (excludes halogenated alkanes) is 2. The summed E-state index contributed by atoms with van der Waals surface area (Å²) in [6.45, 7) is 0.750. The van der Waals surface area contributed by atoms with Crippen molar-refractivity contribution in [2.24, 2.45) is 5.73 Å². The van der Waals surface area contributed by atoms with Crippen LogP contribution in [0.25, 0.3) is 0 Å². The van der Waals surface area contributed by atoms with E-state index in [-0.39, 0.29) is 0 Å². The van der Waals surface area contributed by atoms with E-state index < -0.39 is 0 Å². The lowest BCUT2D eigenvalue weighted by molar-refractivity contribution is 0.391. The number of hydrogen-bond donors (Lipinski definition) is 1. The molecule has 0 saturated carbocycles. The normalized spacial score (nSPS) is 10.4. The first kappa shape index (κ1) is 14.1. The fourth-order valence-corrected chi connectivity index (χ4v) is 2.13. The third kappa shape index (κ3) is 3.79. The number of methoxy groups -OCH3 is 2. The molecule has 0 radical (unpaired) electrons. The number of ether oxygens (including phenoxy) is 2. The van der Waals surface area contributed by atoms with Crippen molar-refractivity contribution in [3.63, 3.8) is 0 Å². The van der Waals surface area contributed by atoms with Crippen molar-refractivity contribution in [3.8, 4) is 11.5 Å². The van der Waals surface area contributed by atoms with E-state index in [1.165, 1.54) is 0 Å². The van der Waals surface area contributed by atoms with Gasteiger partial charge in [0.25, 0.3) is 0 Å². The van der Waals surface area contributed by atoms with Crippen LogP contribution in [0.1, 0.15) is 24.8 Å². The summed E-state index contributed by atoms with van der Waals surface area (Å²) in [4.78, 5) is 0. The van der Waals surface area contributed by atoms with E-state index in [0.29, 0.717) is 10.8 Å². The third-order valence-electron chi connectivity index (χ3n) is 2.72. The maximum Gasteiger partial charge on any atom is 0.144 e. The topological polar surface area (TPSA) is 44.5 Å². The second kappa shape index (κ2) is 7.41. The van der Waals surface area contributed by atoms with E-state index in [0.717, 1.165) is 43.5 Å². The second-order valence-electron chi connectivity index (χ2n) is 3.87. The van der Waals surface area contributed by atoms with Gasteiger partial charge >= 0.3 is 0 Å². The second-order valence-corrected chi connectivity index (χ2v) is 4.25. The Morgan fingerprint density at radius 3 is 2.47 bits per heavy atom. The van der Waals surface area contributed by atoms with Gasteiger partial charge in [0.15, 0.2) is 0 Å². The van der Waals surface area contributed by atoms with E-state index in [1.807, 2.05) is 12.1 Å². The summed E-state index contributed by atoms with van der Waals surface area (Å²) in [5, 5.41) is 0.548. The van der Waals surface area contributed by atoms with Crippen LogP contribution in [0.4, 0.5) is 0 Å². The zero-order valence-electron chi connectivity index (χ0n) is 10.5. The maximum absolute atomic E-state index is 6.18. The minimum atomic E-state index is 0.548. The summed E-state index contributed by atoms with van der Waals surface area (Å²) in [6, 6.07) is 3.88. The van der Waals surface area contributed by atoms with Gasteiger partial charge in [0.1, 0.15) is 16.5 Å². The van der Waals surface area contributed by atoms with Crippen molar-refractivity contribution in [1.82, 2.24) is 0 Å². The van der Waals surface area contributed by atoms with E-state index in [4.69, 9.17) is 26.8 Å². The molecule has 0 unspecified atom stereocenters. The molecule has 1 rings (SSSR count). The predicted octanol–water partition coefficient (Wildman–Crippen LogP) is 3.03. The lowest BCUT2D eigenvalue weighted by Gasteiger charge is -2.12. The highest BCUT2D eigenvalue weighted by atomic mass is 35.5. The first-order valence-corrected chi connectivity index (χ1v) is 6.21. The zero-order chi connectivity index (χ0) is 12.7. The quantitative estimate of drug-likeness (QED) is 0.764. The summed E-state index contributed by atoms with van der Waals surface area (Å²) < 4.78 is 10.5. The highest BCUT2D eigenvalue weighted by Crippen LogP contribution is 2.37. The Balaban J connectivity index is 2.74. The number of halogens is 1. The molecule has 0 aliphatic carbocycles. The van der Waals surface area contributed by atoms with Gasteiger partial charge in [-0.2, -0.15) is 0 Å². The van der Waals surface area contributed by atoms with Crippen LogP contribution in [0.15, 0.2) is 12.1 Å². The van der Waals surface area contributed by atoms with E-state index in [1.54, 1.807) is 14.2 Å². The van der Waals surface area contributed by atoms with Gasteiger partial charge in [0, 0.05) is 0 Å². The van der Waals surface area contributed by atoms with Crippen molar-refractivity contribution in [2.75, 3.05) is 20.8 Å². The molecule has 2 N–H and O–H groups in total. The molecule has 0 fully saturated rings. The molecule has 0 saturated heterocycles. The number of nitrogens with two attached hydrogens (primary N) is 1. The van der Waals surface area contributed by atoms with Crippen molar-refractivity contribution >= 4 is 11.6 Å². The molecule has 1 aromatic carbocycles. The Morgan fingerprint density at radius 1 is 1.12 bits per heavy atom. The highest BCUT2D eigenvalue weighted by Gasteiger charge is 2.12. The summed E-state index contributed by atoms with van der Waals surface area (Å²) in [5.41, 5.74) is 6.58. The Labute approximate surface area is 108 Å². The smallest absolute Gasteiger partial charge is 0.144 e. The molecule has 0 amide bonds. The summed E-state index contributed by atoms with van der Waals surface area (Å²) in [7, 11) is 3.23. The zero-order valence-corrected chi connectivity index (χ0v) is 11.2. The maximum atomic E-state index is 6.18. The SMILES string of the molecule is COc1ccc(CCCCCN)c(OC)c1Cl. The minimum Gasteiger partial charge on any atom is -0.495 e. The number of rotatable bonds is 7. The molecule has 0 spiro atoms. The van der Waals surface area contributed by atoms with E-state index in [9.17, 15) is 0 Å². The number of benzene rings is 1. The lowest BCUT2D eigenvalue weighted by Crippen LogP contribution is -1.99. The number of aryl methyl sites for hydroxylation is 1. The molecule has 0 atom stereocenters. The Bertz CT molecular complexity index is 356. The summed E-state index contributed by atoms with van der Waals surface area (Å²) in [6.07, 6.45) is 4.23. The van der Waals surface area contributed by atoms with Gasteiger partial charge in [0.2, 0.25) is 0 Å². The average molecular weight is 258 g/mol. The summed E-state index contributed by atoms with van der Waals surface area (Å²) >= 11 is 6.18. The average Bonchev–Trinajstić information content (AvgIpc) is 2.35. The standard InChI is InChI=1S/C13H20ClNO2/c1-16-11-8-7-10(6-4-3-5-9-15)13(17-2)12(11)14/h7-8H,3-6,9,15H2,1-2H3. The minimum absolute atomic E-state index is 0.548. The Hall–Kier alpha value is -0.930. The van der Waals surface area contributed by atoms with Crippen LogP contribution in [0.5, 0.6) is 11.5 Å². The lowest BCUT2D eigenvalue weighted by atomic mass is 10.1. The van der Waals surface area contributed by atoms with Gasteiger partial charge in [-0.25, -0.2) is 0 Å². The predicted molar refractivity (Wildman–Crippen MR) is 71.2 cm³/mol. The molecular formula is C13H20ClNO2. The Kier molecular flexibility index (Phi) is 6.16. The highest BCUT2D eigenvalue weighted by molar-refractivity contribution is 6.33. The molecule has 0 aromatic heterocycles. The van der Waals surface area contributed by atoms with Crippen LogP contribution in [0.3, 0.4) is 0 Å². The molecule has 0 aliphatic heterocycles. The monoisotopic (exact) mass is 257 g/mol.